The highest BCUT2D eigenvalue weighted by Gasteiger charge is 2.21. The van der Waals surface area contributed by atoms with Gasteiger partial charge in [-0.2, -0.15) is 4.98 Å². The maximum atomic E-state index is 12.5. The molecule has 1 saturated heterocycles. The number of nitrogens with zero attached hydrogens (tertiary/aromatic N) is 4. The van der Waals surface area contributed by atoms with Gasteiger partial charge in [-0.05, 0) is 52.8 Å². The zero-order valence-corrected chi connectivity index (χ0v) is 15.5. The molecule has 0 radical (unpaired) electrons. The maximum absolute atomic E-state index is 12.5. The van der Waals surface area contributed by atoms with E-state index in [-0.39, 0.29) is 11.9 Å². The third-order valence-electron chi connectivity index (χ3n) is 4.55. The Morgan fingerprint density at radius 1 is 1.36 bits per heavy atom. The van der Waals surface area contributed by atoms with Crippen molar-refractivity contribution in [2.24, 2.45) is 0 Å². The normalized spacial score (nSPS) is 15.2. The van der Waals surface area contributed by atoms with E-state index in [2.05, 4.69) is 20.3 Å². The SMILES string of the molecule is CCc1oc(C(=O)Nc2nc(C)n(C(C)C)n2)cc1CN1CCCC1. The van der Waals surface area contributed by atoms with E-state index in [9.17, 15) is 4.79 Å². The quantitative estimate of drug-likeness (QED) is 0.870. The lowest BCUT2D eigenvalue weighted by molar-refractivity contribution is 0.0994. The third-order valence-corrected chi connectivity index (χ3v) is 4.55. The van der Waals surface area contributed by atoms with Gasteiger partial charge >= 0.3 is 0 Å². The van der Waals surface area contributed by atoms with Crippen LogP contribution in [0.15, 0.2) is 10.5 Å². The molecule has 0 spiro atoms. The van der Waals surface area contributed by atoms with Gasteiger partial charge in [-0.15, -0.1) is 5.10 Å². The third kappa shape index (κ3) is 3.92. The second-order valence-electron chi connectivity index (χ2n) is 6.87. The van der Waals surface area contributed by atoms with Crippen LogP contribution in [-0.2, 0) is 13.0 Å². The first-order chi connectivity index (χ1) is 12.0. The van der Waals surface area contributed by atoms with Crippen molar-refractivity contribution in [1.82, 2.24) is 19.7 Å². The minimum absolute atomic E-state index is 0.195. The molecular weight excluding hydrogens is 318 g/mol. The van der Waals surface area contributed by atoms with Crippen molar-refractivity contribution in [3.63, 3.8) is 0 Å². The van der Waals surface area contributed by atoms with Gasteiger partial charge in [-0.25, -0.2) is 4.68 Å². The topological polar surface area (TPSA) is 76.2 Å². The molecule has 1 fully saturated rings. The molecule has 1 aliphatic rings. The van der Waals surface area contributed by atoms with Crippen molar-refractivity contribution in [3.8, 4) is 0 Å². The lowest BCUT2D eigenvalue weighted by Crippen LogP contribution is -2.18. The number of hydrogen-bond donors (Lipinski definition) is 1. The zero-order valence-electron chi connectivity index (χ0n) is 15.5. The average Bonchev–Trinajstić information content (AvgIpc) is 3.28. The van der Waals surface area contributed by atoms with Gasteiger partial charge in [0.25, 0.3) is 5.91 Å². The van der Waals surface area contributed by atoms with Crippen molar-refractivity contribution >= 4 is 11.9 Å². The maximum Gasteiger partial charge on any atom is 0.293 e. The molecule has 0 unspecified atom stereocenters. The summed E-state index contributed by atoms with van der Waals surface area (Å²) in [6.45, 7) is 11.1. The molecule has 1 amide bonds. The Hall–Kier alpha value is -2.15. The predicted molar refractivity (Wildman–Crippen MR) is 95.7 cm³/mol. The Labute approximate surface area is 148 Å². The highest BCUT2D eigenvalue weighted by molar-refractivity contribution is 6.01. The number of rotatable bonds is 6. The van der Waals surface area contributed by atoms with Gasteiger partial charge < -0.3 is 4.42 Å². The molecule has 0 atom stereocenters. The molecule has 3 heterocycles. The number of aryl methyl sites for hydroxylation is 2. The Kier molecular flexibility index (Phi) is 5.22. The summed E-state index contributed by atoms with van der Waals surface area (Å²) in [6, 6.07) is 2.05. The van der Waals surface area contributed by atoms with Crippen LogP contribution < -0.4 is 5.32 Å². The van der Waals surface area contributed by atoms with E-state index in [1.54, 1.807) is 4.68 Å². The molecule has 2 aromatic heterocycles. The Bertz CT molecular complexity index is 741. The monoisotopic (exact) mass is 345 g/mol. The Morgan fingerprint density at radius 2 is 2.08 bits per heavy atom. The van der Waals surface area contributed by atoms with Crippen molar-refractivity contribution in [1.29, 1.82) is 0 Å². The van der Waals surface area contributed by atoms with E-state index in [0.29, 0.717) is 11.7 Å². The molecule has 0 aromatic carbocycles. The van der Waals surface area contributed by atoms with Crippen molar-refractivity contribution < 1.29 is 9.21 Å². The summed E-state index contributed by atoms with van der Waals surface area (Å²) < 4.78 is 7.58. The Morgan fingerprint density at radius 3 is 2.68 bits per heavy atom. The van der Waals surface area contributed by atoms with Crippen LogP contribution in [0.25, 0.3) is 0 Å². The van der Waals surface area contributed by atoms with E-state index in [1.165, 1.54) is 12.8 Å². The average molecular weight is 345 g/mol. The summed E-state index contributed by atoms with van der Waals surface area (Å²) in [7, 11) is 0. The van der Waals surface area contributed by atoms with Crippen LogP contribution in [0.3, 0.4) is 0 Å². The Balaban J connectivity index is 1.73. The molecule has 2 aromatic rings. The largest absolute Gasteiger partial charge is 0.456 e. The van der Waals surface area contributed by atoms with Gasteiger partial charge in [-0.1, -0.05) is 6.92 Å². The number of amides is 1. The van der Waals surface area contributed by atoms with E-state index < -0.39 is 0 Å². The van der Waals surface area contributed by atoms with Crippen LogP contribution in [0.2, 0.25) is 0 Å². The first-order valence-corrected chi connectivity index (χ1v) is 9.06. The number of likely N-dealkylation sites (tertiary alicyclic amines) is 1. The number of nitrogens with one attached hydrogen (secondary N) is 1. The van der Waals surface area contributed by atoms with Crippen LogP contribution >= 0.6 is 0 Å². The minimum Gasteiger partial charge on any atom is -0.456 e. The highest BCUT2D eigenvalue weighted by Crippen LogP contribution is 2.21. The molecule has 3 rings (SSSR count). The highest BCUT2D eigenvalue weighted by atomic mass is 16.4. The molecular formula is C18H27N5O2. The summed E-state index contributed by atoms with van der Waals surface area (Å²) in [6.07, 6.45) is 3.27. The van der Waals surface area contributed by atoms with Crippen LogP contribution in [0, 0.1) is 6.92 Å². The number of hydrogen-bond acceptors (Lipinski definition) is 5. The zero-order chi connectivity index (χ0) is 18.0. The van der Waals surface area contributed by atoms with E-state index in [1.807, 2.05) is 33.8 Å². The van der Waals surface area contributed by atoms with Crippen molar-refractivity contribution in [2.45, 2.75) is 59.5 Å². The molecule has 25 heavy (non-hydrogen) atoms. The fourth-order valence-electron chi connectivity index (χ4n) is 3.30. The van der Waals surface area contributed by atoms with Gasteiger partial charge in [0.15, 0.2) is 5.76 Å². The lowest BCUT2D eigenvalue weighted by atomic mass is 10.2. The molecule has 0 bridgehead atoms. The van der Waals surface area contributed by atoms with Crippen molar-refractivity contribution in [3.05, 3.63) is 29.0 Å². The number of furan rings is 1. The first kappa shape index (κ1) is 17.7. The van der Waals surface area contributed by atoms with Crippen molar-refractivity contribution in [2.75, 3.05) is 18.4 Å². The van der Waals surface area contributed by atoms with Crippen LogP contribution in [0.5, 0.6) is 0 Å². The van der Waals surface area contributed by atoms with E-state index in [4.69, 9.17) is 4.42 Å². The molecule has 1 N–H and O–H groups in total. The molecule has 7 heteroatoms. The minimum atomic E-state index is -0.303. The molecule has 0 aliphatic carbocycles. The summed E-state index contributed by atoms with van der Waals surface area (Å²) >= 11 is 0. The number of carbonyl (C=O) groups excluding carboxylic acids is 1. The van der Waals surface area contributed by atoms with Gasteiger partial charge in [0.1, 0.15) is 11.6 Å². The molecule has 7 nitrogen and oxygen atoms in total. The van der Waals surface area contributed by atoms with Crippen LogP contribution in [-0.4, -0.2) is 38.7 Å². The molecule has 136 valence electrons. The summed E-state index contributed by atoms with van der Waals surface area (Å²) in [4.78, 5) is 19.2. The van der Waals surface area contributed by atoms with Gasteiger partial charge in [0.2, 0.25) is 5.95 Å². The predicted octanol–water partition coefficient (Wildman–Crippen LogP) is 3.17. The molecule has 1 aliphatic heterocycles. The van der Waals surface area contributed by atoms with Gasteiger partial charge in [-0.3, -0.25) is 15.0 Å². The van der Waals surface area contributed by atoms with E-state index in [0.717, 1.165) is 43.2 Å². The van der Waals surface area contributed by atoms with Gasteiger partial charge in [0, 0.05) is 24.6 Å². The molecule has 0 saturated carbocycles. The second-order valence-corrected chi connectivity index (χ2v) is 6.87. The summed E-state index contributed by atoms with van der Waals surface area (Å²) in [5.74, 6) is 1.99. The standard InChI is InChI=1S/C18H27N5O2/c1-5-15-14(11-22-8-6-7-9-22)10-16(25-15)17(24)20-18-19-13(4)23(21-18)12(2)3/h10,12H,5-9,11H2,1-4H3,(H,20,21,24). The fourth-order valence-corrected chi connectivity index (χ4v) is 3.30. The second kappa shape index (κ2) is 7.39. The van der Waals surface area contributed by atoms with E-state index >= 15 is 0 Å². The number of aromatic nitrogens is 3. The van der Waals surface area contributed by atoms with Gasteiger partial charge in [0.05, 0.1) is 0 Å². The smallest absolute Gasteiger partial charge is 0.293 e. The fraction of sp³-hybridized carbons (Fsp3) is 0.611. The van der Waals surface area contributed by atoms with Crippen LogP contribution in [0.1, 0.15) is 67.4 Å². The van der Waals surface area contributed by atoms with Crippen LogP contribution in [0.4, 0.5) is 5.95 Å². The summed E-state index contributed by atoms with van der Waals surface area (Å²) in [5, 5.41) is 7.07. The number of anilines is 1. The summed E-state index contributed by atoms with van der Waals surface area (Å²) in [5.41, 5.74) is 1.10. The number of carbonyl (C=O) groups is 1. The lowest BCUT2D eigenvalue weighted by Gasteiger charge is -2.13. The first-order valence-electron chi connectivity index (χ1n) is 9.06.